The molecule has 0 aliphatic rings. The van der Waals surface area contributed by atoms with E-state index >= 15 is 0 Å². The van der Waals surface area contributed by atoms with Gasteiger partial charge in [0.2, 0.25) is 0 Å². The summed E-state index contributed by atoms with van der Waals surface area (Å²) in [4.78, 5) is 3.36. The Balaban J connectivity index is 2.47. The molecule has 2 aromatic rings. The average molecular weight is 215 g/mol. The largest absolute Gasteiger partial charge is 0.361 e. The zero-order valence-electron chi connectivity index (χ0n) is 10.7. The number of rotatable bonds is 3. The smallest absolute Gasteiger partial charge is 0.0456 e. The Hall–Kier alpha value is -1.24. The molecule has 1 aromatic carbocycles. The van der Waals surface area contributed by atoms with E-state index in [4.69, 9.17) is 0 Å². The second kappa shape index (κ2) is 4.32. The minimum Gasteiger partial charge on any atom is -0.361 e. The highest BCUT2D eigenvalue weighted by Gasteiger charge is 2.07. The van der Waals surface area contributed by atoms with Crippen molar-refractivity contribution in [3.05, 3.63) is 35.5 Å². The van der Waals surface area contributed by atoms with Gasteiger partial charge >= 0.3 is 0 Å². The first kappa shape index (κ1) is 11.3. The van der Waals surface area contributed by atoms with E-state index in [1.165, 1.54) is 22.0 Å². The van der Waals surface area contributed by atoms with Crippen LogP contribution in [0, 0.1) is 5.92 Å². The summed E-state index contributed by atoms with van der Waals surface area (Å²) in [5.74, 6) is 1.31. The average Bonchev–Trinajstić information content (AvgIpc) is 2.60. The Labute approximate surface area is 97.9 Å². The Kier molecular flexibility index (Phi) is 3.04. The molecule has 2 rings (SSSR count). The van der Waals surface area contributed by atoms with Crippen LogP contribution >= 0.6 is 0 Å². The third-order valence-corrected chi connectivity index (χ3v) is 3.09. The lowest BCUT2D eigenvalue weighted by molar-refractivity contribution is 0.650. The van der Waals surface area contributed by atoms with Crippen molar-refractivity contribution < 1.29 is 0 Å². The van der Waals surface area contributed by atoms with Crippen LogP contribution in [0.4, 0.5) is 0 Å². The first-order valence-corrected chi connectivity index (χ1v) is 6.18. The second-order valence-electron chi connectivity index (χ2n) is 5.37. The van der Waals surface area contributed by atoms with Gasteiger partial charge in [-0.25, -0.2) is 0 Å². The third kappa shape index (κ3) is 2.13. The van der Waals surface area contributed by atoms with Crippen molar-refractivity contribution in [3.63, 3.8) is 0 Å². The first-order valence-electron chi connectivity index (χ1n) is 6.18. The molecular weight excluding hydrogens is 194 g/mol. The second-order valence-corrected chi connectivity index (χ2v) is 5.37. The number of benzene rings is 1. The van der Waals surface area contributed by atoms with Crippen molar-refractivity contribution in [1.29, 1.82) is 0 Å². The molecule has 1 aromatic heterocycles. The fourth-order valence-electron chi connectivity index (χ4n) is 2.16. The van der Waals surface area contributed by atoms with Gasteiger partial charge in [-0.15, -0.1) is 0 Å². The van der Waals surface area contributed by atoms with Gasteiger partial charge in [0, 0.05) is 17.1 Å². The monoisotopic (exact) mass is 215 g/mol. The van der Waals surface area contributed by atoms with E-state index in [2.05, 4.69) is 57.1 Å². The molecule has 0 spiro atoms. The summed E-state index contributed by atoms with van der Waals surface area (Å²) in [7, 11) is 0. The van der Waals surface area contributed by atoms with Crippen LogP contribution in [-0.4, -0.2) is 4.98 Å². The van der Waals surface area contributed by atoms with E-state index < -0.39 is 0 Å². The summed E-state index contributed by atoms with van der Waals surface area (Å²) < 4.78 is 0. The summed E-state index contributed by atoms with van der Waals surface area (Å²) in [6.45, 7) is 9.03. The van der Waals surface area contributed by atoms with Crippen molar-refractivity contribution in [2.75, 3.05) is 0 Å². The molecule has 1 heterocycles. The van der Waals surface area contributed by atoms with Crippen LogP contribution in [0.25, 0.3) is 10.9 Å². The molecule has 0 saturated heterocycles. The lowest BCUT2D eigenvalue weighted by Crippen LogP contribution is -1.93. The Morgan fingerprint density at radius 1 is 1.12 bits per heavy atom. The van der Waals surface area contributed by atoms with Crippen LogP contribution in [0.3, 0.4) is 0 Å². The lowest BCUT2D eigenvalue weighted by Gasteiger charge is -2.07. The van der Waals surface area contributed by atoms with Crippen LogP contribution in [0.2, 0.25) is 0 Å². The maximum absolute atomic E-state index is 3.36. The van der Waals surface area contributed by atoms with Crippen LogP contribution in [-0.2, 0) is 6.42 Å². The van der Waals surface area contributed by atoms with Crippen LogP contribution in [0.15, 0.2) is 24.4 Å². The van der Waals surface area contributed by atoms with Crippen LogP contribution in [0.1, 0.15) is 44.7 Å². The predicted octanol–water partition coefficient (Wildman–Crippen LogP) is 4.49. The third-order valence-electron chi connectivity index (χ3n) is 3.09. The molecule has 0 aliphatic carbocycles. The molecule has 0 amide bonds. The molecule has 16 heavy (non-hydrogen) atoms. The van der Waals surface area contributed by atoms with E-state index in [-0.39, 0.29) is 0 Å². The van der Waals surface area contributed by atoms with Gasteiger partial charge in [-0.3, -0.25) is 0 Å². The van der Waals surface area contributed by atoms with Gasteiger partial charge in [-0.2, -0.15) is 0 Å². The summed E-state index contributed by atoms with van der Waals surface area (Å²) in [5.41, 5.74) is 4.14. The maximum Gasteiger partial charge on any atom is 0.0456 e. The molecule has 1 heteroatoms. The number of hydrogen-bond acceptors (Lipinski definition) is 0. The maximum atomic E-state index is 3.36. The number of aromatic amines is 1. The Bertz CT molecular complexity index is 477. The van der Waals surface area contributed by atoms with Crippen molar-refractivity contribution in [2.24, 2.45) is 5.92 Å². The minimum absolute atomic E-state index is 0.603. The van der Waals surface area contributed by atoms with Crippen LogP contribution in [0.5, 0.6) is 0 Å². The molecular formula is C15H21N. The van der Waals surface area contributed by atoms with E-state index in [0.717, 1.165) is 6.42 Å². The molecule has 0 atom stereocenters. The zero-order valence-corrected chi connectivity index (χ0v) is 10.7. The number of aromatic nitrogens is 1. The fraction of sp³-hybridized carbons (Fsp3) is 0.467. The minimum atomic E-state index is 0.603. The molecule has 86 valence electrons. The van der Waals surface area contributed by atoms with Gasteiger partial charge in [0.05, 0.1) is 0 Å². The van der Waals surface area contributed by atoms with Gasteiger partial charge < -0.3 is 4.98 Å². The Morgan fingerprint density at radius 3 is 2.50 bits per heavy atom. The highest BCUT2D eigenvalue weighted by Crippen LogP contribution is 2.25. The topological polar surface area (TPSA) is 15.8 Å². The quantitative estimate of drug-likeness (QED) is 0.776. The SMILES string of the molecule is CC(C)Cc1c[nH]c2ccc(C(C)C)cc12. The lowest BCUT2D eigenvalue weighted by atomic mass is 9.97. The van der Waals surface area contributed by atoms with Gasteiger partial charge in [0.25, 0.3) is 0 Å². The van der Waals surface area contributed by atoms with Gasteiger partial charge in [-0.1, -0.05) is 33.8 Å². The van der Waals surface area contributed by atoms with E-state index in [1.807, 2.05) is 0 Å². The summed E-state index contributed by atoms with van der Waals surface area (Å²) in [5, 5.41) is 1.40. The van der Waals surface area contributed by atoms with Gasteiger partial charge in [-0.05, 0) is 41.5 Å². The standard InChI is InChI=1S/C15H21N/c1-10(2)7-13-9-16-15-6-5-12(11(3)4)8-14(13)15/h5-6,8-11,16H,7H2,1-4H3. The molecule has 0 unspecified atom stereocenters. The van der Waals surface area contributed by atoms with Crippen molar-refractivity contribution in [3.8, 4) is 0 Å². The number of H-pyrrole nitrogens is 1. The first-order chi connectivity index (χ1) is 7.58. The van der Waals surface area contributed by atoms with Crippen molar-refractivity contribution >= 4 is 10.9 Å². The van der Waals surface area contributed by atoms with Gasteiger partial charge in [0.15, 0.2) is 0 Å². The van der Waals surface area contributed by atoms with E-state index in [0.29, 0.717) is 11.8 Å². The predicted molar refractivity (Wildman–Crippen MR) is 70.9 cm³/mol. The highest BCUT2D eigenvalue weighted by molar-refractivity contribution is 5.84. The van der Waals surface area contributed by atoms with Gasteiger partial charge in [0.1, 0.15) is 0 Å². The molecule has 0 radical (unpaired) electrons. The summed E-state index contributed by atoms with van der Waals surface area (Å²) >= 11 is 0. The Morgan fingerprint density at radius 2 is 1.88 bits per heavy atom. The van der Waals surface area contributed by atoms with Crippen molar-refractivity contribution in [2.45, 2.75) is 40.0 Å². The fourth-order valence-corrected chi connectivity index (χ4v) is 2.16. The molecule has 0 saturated carbocycles. The summed E-state index contributed by atoms with van der Waals surface area (Å²) in [6, 6.07) is 6.77. The van der Waals surface area contributed by atoms with Crippen LogP contribution < -0.4 is 0 Å². The number of nitrogens with one attached hydrogen (secondary N) is 1. The van der Waals surface area contributed by atoms with E-state index in [1.54, 1.807) is 0 Å². The van der Waals surface area contributed by atoms with E-state index in [9.17, 15) is 0 Å². The molecule has 1 N–H and O–H groups in total. The zero-order chi connectivity index (χ0) is 11.7. The highest BCUT2D eigenvalue weighted by atomic mass is 14.7. The summed E-state index contributed by atoms with van der Waals surface area (Å²) in [6.07, 6.45) is 3.32. The molecule has 0 fully saturated rings. The number of hydrogen-bond donors (Lipinski definition) is 1. The number of fused-ring (bicyclic) bond motifs is 1. The molecule has 0 aliphatic heterocycles. The van der Waals surface area contributed by atoms with Crippen molar-refractivity contribution in [1.82, 2.24) is 4.98 Å². The molecule has 1 nitrogen and oxygen atoms in total. The normalized spacial score (nSPS) is 11.9. The molecule has 0 bridgehead atoms.